The minimum absolute atomic E-state index is 0.497. The highest BCUT2D eigenvalue weighted by Crippen LogP contribution is 2.52. The second-order valence-electron chi connectivity index (χ2n) is 6.21. The van der Waals surface area contributed by atoms with E-state index in [9.17, 15) is 0 Å². The number of nitrogens with one attached hydrogen (secondary N) is 1. The van der Waals surface area contributed by atoms with Gasteiger partial charge in [0.1, 0.15) is 0 Å². The van der Waals surface area contributed by atoms with Gasteiger partial charge in [-0.2, -0.15) is 0 Å². The van der Waals surface area contributed by atoms with Gasteiger partial charge in [-0.1, -0.05) is 25.1 Å². The molecule has 18 heavy (non-hydrogen) atoms. The molecule has 1 aliphatic carbocycles. The zero-order chi connectivity index (χ0) is 12.6. The van der Waals surface area contributed by atoms with Crippen LogP contribution in [0.4, 0.5) is 0 Å². The summed E-state index contributed by atoms with van der Waals surface area (Å²) in [6.07, 6.45) is 4.24. The van der Waals surface area contributed by atoms with Gasteiger partial charge in [0.15, 0.2) is 0 Å². The van der Waals surface area contributed by atoms with Crippen LogP contribution in [-0.4, -0.2) is 19.3 Å². The van der Waals surface area contributed by atoms with Gasteiger partial charge in [0.05, 0.1) is 0 Å². The Kier molecular flexibility index (Phi) is 3.42. The van der Waals surface area contributed by atoms with E-state index in [2.05, 4.69) is 43.6 Å². The molecule has 0 amide bonds. The van der Waals surface area contributed by atoms with E-state index < -0.39 is 0 Å². The Hall–Kier alpha value is -0.470. The van der Waals surface area contributed by atoms with E-state index in [1.807, 2.05) is 11.8 Å². The van der Waals surface area contributed by atoms with Crippen molar-refractivity contribution in [3.05, 3.63) is 29.8 Å². The second-order valence-corrected chi connectivity index (χ2v) is 7.27. The molecular weight excluding hydrogens is 238 g/mol. The maximum absolute atomic E-state index is 3.42. The fourth-order valence-corrected chi connectivity index (χ4v) is 4.78. The zero-order valence-electron chi connectivity index (χ0n) is 11.4. The van der Waals surface area contributed by atoms with Gasteiger partial charge in [-0.25, -0.2) is 0 Å². The molecule has 98 valence electrons. The molecule has 0 radical (unpaired) electrons. The lowest BCUT2D eigenvalue weighted by Gasteiger charge is -2.32. The van der Waals surface area contributed by atoms with E-state index in [-0.39, 0.29) is 0 Å². The molecule has 1 aliphatic heterocycles. The van der Waals surface area contributed by atoms with Gasteiger partial charge in [0, 0.05) is 17.2 Å². The summed E-state index contributed by atoms with van der Waals surface area (Å²) in [5, 5.41) is 3.42. The van der Waals surface area contributed by atoms with Crippen LogP contribution in [0.15, 0.2) is 29.2 Å². The van der Waals surface area contributed by atoms with Crippen LogP contribution in [0.3, 0.4) is 0 Å². The van der Waals surface area contributed by atoms with Crippen LogP contribution in [0, 0.1) is 11.3 Å². The molecule has 2 unspecified atom stereocenters. The Morgan fingerprint density at radius 2 is 2.11 bits per heavy atom. The van der Waals surface area contributed by atoms with Gasteiger partial charge in [0.25, 0.3) is 0 Å². The van der Waals surface area contributed by atoms with Crippen molar-refractivity contribution in [1.82, 2.24) is 5.32 Å². The van der Waals surface area contributed by atoms with E-state index in [0.717, 1.165) is 11.8 Å². The first-order valence-corrected chi connectivity index (χ1v) is 8.08. The molecule has 2 atom stereocenters. The molecule has 1 N–H and O–H groups in total. The molecular formula is C16H23NS. The molecule has 2 aliphatic rings. The average molecular weight is 261 g/mol. The third kappa shape index (κ3) is 2.33. The fourth-order valence-electron chi connectivity index (χ4n) is 3.53. The minimum atomic E-state index is 0.497. The minimum Gasteiger partial charge on any atom is -0.319 e. The highest BCUT2D eigenvalue weighted by atomic mass is 32.2. The van der Waals surface area contributed by atoms with Crippen molar-refractivity contribution >= 4 is 11.8 Å². The summed E-state index contributed by atoms with van der Waals surface area (Å²) in [5.74, 6) is 3.01. The van der Waals surface area contributed by atoms with Crippen molar-refractivity contribution in [2.24, 2.45) is 11.3 Å². The first kappa shape index (κ1) is 12.6. The molecule has 1 fully saturated rings. The zero-order valence-corrected chi connectivity index (χ0v) is 12.2. The fraction of sp³-hybridized carbons (Fsp3) is 0.625. The summed E-state index contributed by atoms with van der Waals surface area (Å²) >= 11 is 2.05. The van der Waals surface area contributed by atoms with Gasteiger partial charge in [0.2, 0.25) is 0 Å². The summed E-state index contributed by atoms with van der Waals surface area (Å²) in [5.41, 5.74) is 2.10. The van der Waals surface area contributed by atoms with E-state index in [0.29, 0.717) is 5.41 Å². The monoisotopic (exact) mass is 261 g/mol. The van der Waals surface area contributed by atoms with E-state index >= 15 is 0 Å². The van der Waals surface area contributed by atoms with Crippen molar-refractivity contribution in [1.29, 1.82) is 0 Å². The van der Waals surface area contributed by atoms with Crippen molar-refractivity contribution in [2.75, 3.05) is 19.3 Å². The lowest BCUT2D eigenvalue weighted by atomic mass is 9.75. The quantitative estimate of drug-likeness (QED) is 0.862. The molecule has 0 aromatic heterocycles. The lowest BCUT2D eigenvalue weighted by molar-refractivity contribution is 0.228. The van der Waals surface area contributed by atoms with Crippen LogP contribution in [0.25, 0.3) is 0 Å². The molecule has 2 heteroatoms. The topological polar surface area (TPSA) is 12.0 Å². The van der Waals surface area contributed by atoms with Gasteiger partial charge < -0.3 is 5.32 Å². The smallest absolute Gasteiger partial charge is 0.0107 e. The summed E-state index contributed by atoms with van der Waals surface area (Å²) in [6, 6.07) is 8.99. The number of benzene rings is 1. The third-order valence-electron chi connectivity index (χ3n) is 4.66. The molecule has 1 aromatic rings. The Labute approximate surface area is 115 Å². The van der Waals surface area contributed by atoms with Crippen LogP contribution < -0.4 is 5.32 Å². The Balaban J connectivity index is 1.76. The summed E-state index contributed by atoms with van der Waals surface area (Å²) in [6.45, 7) is 3.66. The molecule has 1 saturated carbocycles. The number of hydrogen-bond donors (Lipinski definition) is 1. The highest BCUT2D eigenvalue weighted by Gasteiger charge is 2.43. The number of rotatable bonds is 5. The normalized spacial score (nSPS) is 25.8. The van der Waals surface area contributed by atoms with E-state index in [4.69, 9.17) is 0 Å². The van der Waals surface area contributed by atoms with Crippen LogP contribution in [0.1, 0.15) is 37.7 Å². The predicted octanol–water partition coefficient (Wildman–Crippen LogP) is 3.90. The Morgan fingerprint density at radius 1 is 1.33 bits per heavy atom. The van der Waals surface area contributed by atoms with Crippen LogP contribution in [0.5, 0.6) is 0 Å². The molecule has 1 nitrogen and oxygen atoms in total. The average Bonchev–Trinajstić information content (AvgIpc) is 3.15. The molecule has 0 spiro atoms. The molecule has 1 aromatic carbocycles. The first-order valence-electron chi connectivity index (χ1n) is 7.09. The standard InChI is InChI=1S/C16H23NS/c1-16(11-17-2,13-7-8-13)9-12-10-18-15-6-4-3-5-14(12)15/h3-6,12-13,17H,7-11H2,1-2H3. The van der Waals surface area contributed by atoms with Crippen LogP contribution in [0.2, 0.25) is 0 Å². The summed E-state index contributed by atoms with van der Waals surface area (Å²) in [4.78, 5) is 1.52. The van der Waals surface area contributed by atoms with Crippen LogP contribution in [-0.2, 0) is 0 Å². The second kappa shape index (κ2) is 4.90. The van der Waals surface area contributed by atoms with Crippen molar-refractivity contribution in [3.8, 4) is 0 Å². The maximum Gasteiger partial charge on any atom is 0.0107 e. The Bertz CT molecular complexity index is 427. The highest BCUT2D eigenvalue weighted by molar-refractivity contribution is 7.99. The number of hydrogen-bond acceptors (Lipinski definition) is 2. The largest absolute Gasteiger partial charge is 0.319 e. The van der Waals surface area contributed by atoms with Crippen molar-refractivity contribution < 1.29 is 0 Å². The predicted molar refractivity (Wildman–Crippen MR) is 79.3 cm³/mol. The SMILES string of the molecule is CNCC(C)(CC1CSc2ccccc21)C1CC1. The van der Waals surface area contributed by atoms with Crippen molar-refractivity contribution in [3.63, 3.8) is 0 Å². The van der Waals surface area contributed by atoms with Crippen molar-refractivity contribution in [2.45, 2.75) is 37.0 Å². The van der Waals surface area contributed by atoms with Crippen LogP contribution >= 0.6 is 11.8 Å². The Morgan fingerprint density at radius 3 is 2.83 bits per heavy atom. The molecule has 1 heterocycles. The number of fused-ring (bicyclic) bond motifs is 1. The van der Waals surface area contributed by atoms with Gasteiger partial charge >= 0.3 is 0 Å². The van der Waals surface area contributed by atoms with E-state index in [1.165, 1.54) is 36.5 Å². The van der Waals surface area contributed by atoms with E-state index in [1.54, 1.807) is 5.56 Å². The first-order chi connectivity index (χ1) is 8.73. The van der Waals surface area contributed by atoms with Gasteiger partial charge in [-0.15, -0.1) is 11.8 Å². The number of thioether (sulfide) groups is 1. The molecule has 0 saturated heterocycles. The molecule has 0 bridgehead atoms. The third-order valence-corrected chi connectivity index (χ3v) is 5.91. The maximum atomic E-state index is 3.42. The lowest BCUT2D eigenvalue weighted by Crippen LogP contribution is -2.33. The summed E-state index contributed by atoms with van der Waals surface area (Å²) < 4.78 is 0. The van der Waals surface area contributed by atoms with Gasteiger partial charge in [-0.3, -0.25) is 0 Å². The van der Waals surface area contributed by atoms with Gasteiger partial charge in [-0.05, 0) is 55.2 Å². The molecule has 3 rings (SSSR count). The summed E-state index contributed by atoms with van der Waals surface area (Å²) in [7, 11) is 2.10.